The van der Waals surface area contributed by atoms with Crippen molar-refractivity contribution in [3.63, 3.8) is 0 Å². The first-order valence-electron chi connectivity index (χ1n) is 17.7. The van der Waals surface area contributed by atoms with Gasteiger partial charge in [0, 0.05) is 18.8 Å². The Labute approximate surface area is 287 Å². The number of carbonyl (C=O) groups excluding carboxylic acids is 3. The van der Waals surface area contributed by atoms with E-state index in [1.165, 1.54) is 0 Å². The summed E-state index contributed by atoms with van der Waals surface area (Å²) >= 11 is 0. The molecule has 0 unspecified atom stereocenters. The Hall–Kier alpha value is -3.99. The fraction of sp³-hybridized carbons (Fsp3) is 0.526. The number of benzene rings is 2. The van der Waals surface area contributed by atoms with Crippen LogP contribution in [0.5, 0.6) is 6.08 Å². The van der Waals surface area contributed by atoms with Crippen molar-refractivity contribution < 1.29 is 32.0 Å². The number of carbonyl (C=O) groups is 3. The number of fused-ring (bicyclic) bond motifs is 3. The van der Waals surface area contributed by atoms with Gasteiger partial charge < -0.3 is 14.1 Å². The second kappa shape index (κ2) is 13.4. The molecule has 11 heteroatoms. The van der Waals surface area contributed by atoms with Crippen LogP contribution in [0.2, 0.25) is 0 Å². The molecular weight excluding hydrogens is 642 g/mol. The van der Waals surface area contributed by atoms with Crippen LogP contribution in [0.4, 0.5) is 0 Å². The van der Waals surface area contributed by atoms with Crippen LogP contribution in [0.25, 0.3) is 11.1 Å². The molecule has 0 radical (unpaired) electrons. The van der Waals surface area contributed by atoms with Gasteiger partial charge in [0.15, 0.2) is 11.4 Å². The molecule has 2 aromatic carbocycles. The monoisotopic (exact) mass is 687 g/mol. The summed E-state index contributed by atoms with van der Waals surface area (Å²) in [4.78, 5) is 48.8. The highest BCUT2D eigenvalue weighted by Gasteiger charge is 2.62. The first kappa shape index (κ1) is 33.5. The molecule has 260 valence electrons. The lowest BCUT2D eigenvalue weighted by atomic mass is 9.90. The summed E-state index contributed by atoms with van der Waals surface area (Å²) < 4.78 is 39.6. The molecular formula is C38H45N3O7S. The van der Waals surface area contributed by atoms with Gasteiger partial charge in [-0.2, -0.15) is 4.98 Å². The van der Waals surface area contributed by atoms with E-state index in [1.54, 1.807) is 17.9 Å². The number of nitrogens with one attached hydrogen (secondary N) is 1. The van der Waals surface area contributed by atoms with Crippen molar-refractivity contribution in [2.45, 2.75) is 101 Å². The Bertz CT molecular complexity index is 1820. The normalized spacial score (nSPS) is 29.3. The molecule has 1 N–H and O–H groups in total. The Morgan fingerprint density at radius 3 is 2.61 bits per heavy atom. The summed E-state index contributed by atoms with van der Waals surface area (Å²) in [5.41, 5.74) is 1.21. The highest BCUT2D eigenvalue weighted by atomic mass is 32.2. The maximum absolute atomic E-state index is 14.5. The molecule has 5 atom stereocenters. The van der Waals surface area contributed by atoms with Crippen LogP contribution in [-0.2, 0) is 30.8 Å². The molecule has 0 bridgehead atoms. The first-order valence-corrected chi connectivity index (χ1v) is 19.2. The first-order chi connectivity index (χ1) is 23.6. The van der Waals surface area contributed by atoms with Gasteiger partial charge in [0.05, 0.1) is 22.7 Å². The van der Waals surface area contributed by atoms with Gasteiger partial charge in [-0.25, -0.2) is 8.42 Å². The largest absolute Gasteiger partial charge is 0.445 e. The van der Waals surface area contributed by atoms with Gasteiger partial charge in [0.25, 0.3) is 0 Å². The van der Waals surface area contributed by atoms with E-state index in [4.69, 9.17) is 9.15 Å². The molecule has 2 amide bonds. The molecule has 10 nitrogen and oxygen atoms in total. The number of nitrogens with zero attached hydrogens (tertiary/aromatic N) is 2. The summed E-state index contributed by atoms with van der Waals surface area (Å²) in [7, 11) is -3.88. The molecule has 3 aromatic rings. The highest BCUT2D eigenvalue weighted by molar-refractivity contribution is 7.91. The van der Waals surface area contributed by atoms with Crippen molar-refractivity contribution in [3.8, 4) is 6.08 Å². The number of aromatic nitrogens is 1. The number of aryl methyl sites for hydroxylation is 1. The number of hydrogen-bond donors (Lipinski definition) is 1. The lowest BCUT2D eigenvalue weighted by molar-refractivity contribution is -0.142. The topological polar surface area (TPSA) is 136 Å². The molecule has 2 aliphatic heterocycles. The molecule has 1 aromatic heterocycles. The minimum Gasteiger partial charge on any atom is -0.445 e. The molecule has 4 aliphatic rings. The standard InChI is InChI=1S/C38H45N3O7S/c1-37(20-21-37)49(45,46)40-35(44)38-23-28(38)15-9-4-2-3-8-14-27(19-18-26-12-6-5-7-13-26)34(43)41-25-29(22-31(41)32(42)24-38)47-36-39-30-16-10-11-17-33(30)48-36/h5-7,9-13,15-17,27-29,31H,2-4,8,14,18-25H2,1H3,(H,40,44)/b15-9-/t27-,28+,29-,31+,38-/m1/s1. The number of para-hydroxylation sites is 2. The van der Waals surface area contributed by atoms with Gasteiger partial charge in [-0.05, 0) is 81.9 Å². The number of Topliss-reactive ketones (excluding diaryl/α,β-unsaturated/α-hetero) is 1. The van der Waals surface area contributed by atoms with Gasteiger partial charge in [-0.1, -0.05) is 67.5 Å². The molecule has 0 spiro atoms. The zero-order valence-corrected chi connectivity index (χ0v) is 28.8. The fourth-order valence-corrected chi connectivity index (χ4v) is 8.86. The number of hydrogen-bond acceptors (Lipinski definition) is 8. The van der Waals surface area contributed by atoms with Crippen molar-refractivity contribution in [1.29, 1.82) is 0 Å². The molecule has 3 heterocycles. The lowest BCUT2D eigenvalue weighted by Crippen LogP contribution is -2.47. The van der Waals surface area contributed by atoms with Gasteiger partial charge >= 0.3 is 6.08 Å². The third-order valence-electron chi connectivity index (χ3n) is 11.1. The van der Waals surface area contributed by atoms with Crippen LogP contribution in [0.15, 0.2) is 71.2 Å². The quantitative estimate of drug-likeness (QED) is 0.289. The van der Waals surface area contributed by atoms with E-state index in [2.05, 4.69) is 27.9 Å². The lowest BCUT2D eigenvalue weighted by Gasteiger charge is -2.29. The summed E-state index contributed by atoms with van der Waals surface area (Å²) in [6.45, 7) is 1.82. The van der Waals surface area contributed by atoms with Crippen LogP contribution >= 0.6 is 0 Å². The van der Waals surface area contributed by atoms with E-state index < -0.39 is 38.2 Å². The zero-order chi connectivity index (χ0) is 34.2. The number of ether oxygens (including phenoxy) is 1. The molecule has 3 fully saturated rings. The number of rotatable bonds is 8. The van der Waals surface area contributed by atoms with E-state index in [9.17, 15) is 22.8 Å². The highest BCUT2D eigenvalue weighted by Crippen LogP contribution is 2.57. The van der Waals surface area contributed by atoms with Crippen molar-refractivity contribution in [2.75, 3.05) is 6.54 Å². The predicted octanol–water partition coefficient (Wildman–Crippen LogP) is 5.91. The van der Waals surface area contributed by atoms with Gasteiger partial charge in [-0.3, -0.25) is 19.1 Å². The second-order valence-corrected chi connectivity index (χ2v) is 16.9. The SMILES string of the molecule is CC1(S(=O)(=O)NC(=O)[C@]23CC(=O)[C@@H]4C[C@@H](Oc5nc6ccccc6o5)CN4C(=O)[C@@H](CCc4ccccc4)CCCCC/C=C\[C@H]2C3)CC1. The molecule has 7 rings (SSSR count). The van der Waals surface area contributed by atoms with Crippen LogP contribution in [-0.4, -0.2) is 59.3 Å². The number of oxazole rings is 1. The Balaban J connectivity index is 1.16. The van der Waals surface area contributed by atoms with Crippen molar-refractivity contribution >= 4 is 38.7 Å². The third kappa shape index (κ3) is 7.04. The van der Waals surface area contributed by atoms with Crippen molar-refractivity contribution in [3.05, 3.63) is 72.3 Å². The minimum atomic E-state index is -3.88. The average Bonchev–Trinajstić information content (AvgIpc) is 3.89. The van der Waals surface area contributed by atoms with E-state index >= 15 is 0 Å². The molecule has 2 aliphatic carbocycles. The van der Waals surface area contributed by atoms with Crippen LogP contribution in [0, 0.1) is 17.3 Å². The van der Waals surface area contributed by atoms with E-state index in [1.807, 2.05) is 42.5 Å². The smallest absolute Gasteiger partial charge is 0.394 e. The van der Waals surface area contributed by atoms with Gasteiger partial charge in [0.2, 0.25) is 21.8 Å². The van der Waals surface area contributed by atoms with Crippen molar-refractivity contribution in [2.24, 2.45) is 17.3 Å². The molecule has 2 saturated carbocycles. The predicted molar refractivity (Wildman–Crippen MR) is 184 cm³/mol. The van der Waals surface area contributed by atoms with E-state index in [0.29, 0.717) is 36.8 Å². The summed E-state index contributed by atoms with van der Waals surface area (Å²) in [6, 6.07) is 16.6. The van der Waals surface area contributed by atoms with E-state index in [0.717, 1.165) is 44.1 Å². The summed E-state index contributed by atoms with van der Waals surface area (Å²) in [6.07, 6.45) is 10.8. The average molecular weight is 688 g/mol. The minimum absolute atomic E-state index is 0.0801. The van der Waals surface area contributed by atoms with Crippen LogP contribution in [0.3, 0.4) is 0 Å². The van der Waals surface area contributed by atoms with Crippen molar-refractivity contribution in [1.82, 2.24) is 14.6 Å². The Morgan fingerprint density at radius 2 is 1.84 bits per heavy atom. The number of allylic oxidation sites excluding steroid dienone is 2. The number of amides is 2. The van der Waals surface area contributed by atoms with Crippen LogP contribution < -0.4 is 9.46 Å². The number of sulfonamides is 1. The molecule has 49 heavy (non-hydrogen) atoms. The fourth-order valence-electron chi connectivity index (χ4n) is 7.53. The Morgan fingerprint density at radius 1 is 1.06 bits per heavy atom. The summed E-state index contributed by atoms with van der Waals surface area (Å²) in [5.74, 6) is -1.49. The van der Waals surface area contributed by atoms with Crippen LogP contribution in [0.1, 0.15) is 83.1 Å². The van der Waals surface area contributed by atoms with Gasteiger partial charge in [0.1, 0.15) is 11.6 Å². The zero-order valence-electron chi connectivity index (χ0n) is 28.0. The third-order valence-corrected chi connectivity index (χ3v) is 13.3. The second-order valence-electron chi connectivity index (χ2n) is 14.7. The van der Waals surface area contributed by atoms with Gasteiger partial charge in [-0.15, -0.1) is 0 Å². The Kier molecular flexibility index (Phi) is 9.15. The maximum atomic E-state index is 14.5. The maximum Gasteiger partial charge on any atom is 0.394 e. The number of ketones is 1. The molecule has 1 saturated heterocycles. The van der Waals surface area contributed by atoms with E-state index in [-0.39, 0.29) is 49.0 Å². The summed E-state index contributed by atoms with van der Waals surface area (Å²) in [5, 5.41) is 0.